The van der Waals surface area contributed by atoms with Crippen molar-refractivity contribution in [2.45, 2.75) is 6.61 Å². The smallest absolute Gasteiger partial charge is 0.279 e. The summed E-state index contributed by atoms with van der Waals surface area (Å²) in [7, 11) is 0. The van der Waals surface area contributed by atoms with E-state index in [0.717, 1.165) is 22.9 Å². The van der Waals surface area contributed by atoms with Crippen LogP contribution in [-0.2, 0) is 11.4 Å². The van der Waals surface area contributed by atoms with Crippen LogP contribution in [0.4, 0.5) is 0 Å². The first-order chi connectivity index (χ1) is 15.9. The highest BCUT2D eigenvalue weighted by Crippen LogP contribution is 2.27. The maximum Gasteiger partial charge on any atom is 0.279 e. The average Bonchev–Trinajstić information content (AvgIpc) is 3.13. The number of amidine groups is 1. The summed E-state index contributed by atoms with van der Waals surface area (Å²) in [5.74, 6) is -0.124. The van der Waals surface area contributed by atoms with Crippen LogP contribution in [0.5, 0.6) is 5.75 Å². The molecule has 0 bridgehead atoms. The van der Waals surface area contributed by atoms with Crippen molar-refractivity contribution in [2.24, 2.45) is 4.99 Å². The topological polar surface area (TPSA) is 67.8 Å². The lowest BCUT2D eigenvalue weighted by Gasteiger charge is -2.08. The minimum Gasteiger partial charge on any atom is -0.489 e. The zero-order valence-electron chi connectivity index (χ0n) is 16.8. The Morgan fingerprint density at radius 1 is 0.970 bits per heavy atom. The van der Waals surface area contributed by atoms with Crippen molar-refractivity contribution in [3.05, 3.63) is 103 Å². The van der Waals surface area contributed by atoms with Gasteiger partial charge in [-0.25, -0.2) is 0 Å². The molecule has 0 atom stereocenters. The molecule has 0 spiro atoms. The Bertz CT molecular complexity index is 1270. The molecule has 1 N–H and O–H groups in total. The quantitative estimate of drug-likeness (QED) is 0.386. The fourth-order valence-corrected chi connectivity index (χ4v) is 4.25. The van der Waals surface area contributed by atoms with Gasteiger partial charge in [-0.1, -0.05) is 53.0 Å². The van der Waals surface area contributed by atoms with Crippen LogP contribution in [0.3, 0.4) is 0 Å². The van der Waals surface area contributed by atoms with Crippen molar-refractivity contribution in [1.82, 2.24) is 5.32 Å². The van der Waals surface area contributed by atoms with Gasteiger partial charge in [-0.2, -0.15) is 4.99 Å². The third-order valence-corrected chi connectivity index (χ3v) is 6.28. The Morgan fingerprint density at radius 3 is 2.36 bits per heavy atom. The van der Waals surface area contributed by atoms with E-state index < -0.39 is 5.91 Å². The fraction of sp³-hybridized carbons (Fsp3) is 0.0417. The van der Waals surface area contributed by atoms with Gasteiger partial charge in [-0.3, -0.25) is 9.59 Å². The number of halogens is 3. The van der Waals surface area contributed by atoms with Crippen LogP contribution in [0.2, 0.25) is 15.1 Å². The third kappa shape index (κ3) is 6.18. The molecule has 166 valence electrons. The lowest BCUT2D eigenvalue weighted by Crippen LogP contribution is -2.20. The number of amides is 2. The molecule has 1 heterocycles. The van der Waals surface area contributed by atoms with Gasteiger partial charge in [0.2, 0.25) is 0 Å². The third-order valence-electron chi connectivity index (χ3n) is 4.53. The number of nitrogens with one attached hydrogen (secondary N) is 1. The molecule has 9 heteroatoms. The minimum atomic E-state index is -0.460. The standard InChI is InChI=1S/C24H15Cl3N2O3S/c25-17-6-3-15(4-7-17)22(30)28-24-29-23(31)21(33-24)11-14-1-9-19(10-2-14)32-13-16-5-8-18(26)12-20(16)27/h1-12H,13H2,(H,28,29,30,31)/b21-11-. The molecule has 0 radical (unpaired) electrons. The van der Waals surface area contributed by atoms with Crippen LogP contribution >= 0.6 is 46.6 Å². The lowest BCUT2D eigenvalue weighted by molar-refractivity contribution is -0.115. The van der Waals surface area contributed by atoms with Crippen molar-refractivity contribution in [3.63, 3.8) is 0 Å². The van der Waals surface area contributed by atoms with Gasteiger partial charge in [-0.05, 0) is 71.9 Å². The molecule has 0 saturated carbocycles. The molecule has 0 aromatic heterocycles. The first-order valence-electron chi connectivity index (χ1n) is 9.64. The summed E-state index contributed by atoms with van der Waals surface area (Å²) in [6, 6.07) is 18.9. The van der Waals surface area contributed by atoms with Gasteiger partial charge in [0.15, 0.2) is 5.17 Å². The Morgan fingerprint density at radius 2 is 1.67 bits per heavy atom. The Balaban J connectivity index is 1.39. The van der Waals surface area contributed by atoms with E-state index in [2.05, 4.69) is 10.3 Å². The molecule has 3 aromatic rings. The second-order valence-corrected chi connectivity index (χ2v) is 9.20. The number of benzene rings is 3. The molecule has 2 amide bonds. The first-order valence-corrected chi connectivity index (χ1v) is 11.6. The maximum atomic E-state index is 12.3. The van der Waals surface area contributed by atoms with E-state index in [9.17, 15) is 9.59 Å². The normalized spacial score (nSPS) is 15.7. The Hall–Kier alpha value is -2.77. The van der Waals surface area contributed by atoms with E-state index in [1.165, 1.54) is 0 Å². The zero-order valence-corrected chi connectivity index (χ0v) is 19.9. The number of hydrogen-bond donors (Lipinski definition) is 1. The van der Waals surface area contributed by atoms with Gasteiger partial charge in [0.25, 0.3) is 11.8 Å². The number of hydrogen-bond acceptors (Lipinski definition) is 4. The summed E-state index contributed by atoms with van der Waals surface area (Å²) in [6.07, 6.45) is 1.72. The summed E-state index contributed by atoms with van der Waals surface area (Å²) in [5.41, 5.74) is 2.01. The van der Waals surface area contributed by atoms with Gasteiger partial charge in [0.1, 0.15) is 12.4 Å². The molecule has 3 aromatic carbocycles. The van der Waals surface area contributed by atoms with Crippen LogP contribution in [0.1, 0.15) is 21.5 Å². The number of ether oxygens (including phenoxy) is 1. The highest BCUT2D eigenvalue weighted by atomic mass is 35.5. The van der Waals surface area contributed by atoms with Gasteiger partial charge in [0.05, 0.1) is 4.91 Å². The van der Waals surface area contributed by atoms with Crippen molar-refractivity contribution in [2.75, 3.05) is 0 Å². The molecule has 5 nitrogen and oxygen atoms in total. The summed E-state index contributed by atoms with van der Waals surface area (Å²) in [6.45, 7) is 0.302. The molecule has 1 aliphatic rings. The predicted octanol–water partition coefficient (Wildman–Crippen LogP) is 6.63. The van der Waals surface area contributed by atoms with Crippen molar-refractivity contribution >= 4 is 69.6 Å². The second-order valence-electron chi connectivity index (χ2n) is 6.89. The van der Waals surface area contributed by atoms with Gasteiger partial charge < -0.3 is 10.1 Å². The second kappa shape index (κ2) is 10.4. The molecular formula is C24H15Cl3N2O3S. The van der Waals surface area contributed by atoms with Crippen molar-refractivity contribution in [1.29, 1.82) is 0 Å². The highest BCUT2D eigenvalue weighted by molar-refractivity contribution is 8.18. The SMILES string of the molecule is O=C1NC(=NC(=O)c2ccc(Cl)cc2)S/C1=C\c1ccc(OCc2ccc(Cl)cc2Cl)cc1. The molecule has 0 aliphatic carbocycles. The van der Waals surface area contributed by atoms with Crippen molar-refractivity contribution < 1.29 is 14.3 Å². The lowest BCUT2D eigenvalue weighted by atomic mass is 10.2. The largest absolute Gasteiger partial charge is 0.489 e. The van der Waals surface area contributed by atoms with Crippen LogP contribution < -0.4 is 10.1 Å². The fourth-order valence-electron chi connectivity index (χ4n) is 2.84. The molecule has 1 aliphatic heterocycles. The van der Waals surface area contributed by atoms with E-state index in [0.29, 0.717) is 37.9 Å². The van der Waals surface area contributed by atoms with Gasteiger partial charge >= 0.3 is 0 Å². The van der Waals surface area contributed by atoms with Gasteiger partial charge in [-0.15, -0.1) is 0 Å². The zero-order chi connectivity index (χ0) is 23.4. The highest BCUT2D eigenvalue weighted by Gasteiger charge is 2.24. The van der Waals surface area contributed by atoms with Crippen molar-refractivity contribution in [3.8, 4) is 5.75 Å². The van der Waals surface area contributed by atoms with Crippen LogP contribution in [0.25, 0.3) is 6.08 Å². The number of rotatable bonds is 5. The molecule has 4 rings (SSSR count). The predicted molar refractivity (Wildman–Crippen MR) is 134 cm³/mol. The summed E-state index contributed by atoms with van der Waals surface area (Å²) < 4.78 is 5.77. The van der Waals surface area contributed by atoms with E-state index in [4.69, 9.17) is 39.5 Å². The number of carbonyl (C=O) groups is 2. The molecule has 0 unspecified atom stereocenters. The van der Waals surface area contributed by atoms with Crippen LogP contribution in [0, 0.1) is 0 Å². The van der Waals surface area contributed by atoms with E-state index in [1.807, 2.05) is 18.2 Å². The first kappa shape index (κ1) is 23.4. The summed E-state index contributed by atoms with van der Waals surface area (Å²) >= 11 is 19.0. The number of carbonyl (C=O) groups excluding carboxylic acids is 2. The average molecular weight is 518 g/mol. The Kier molecular flexibility index (Phi) is 7.40. The molecule has 1 saturated heterocycles. The maximum absolute atomic E-state index is 12.3. The van der Waals surface area contributed by atoms with Crippen LogP contribution in [0.15, 0.2) is 76.6 Å². The number of aliphatic imine (C=N–C) groups is 1. The number of thioether (sulfide) groups is 1. The van der Waals surface area contributed by atoms with E-state index >= 15 is 0 Å². The summed E-state index contributed by atoms with van der Waals surface area (Å²) in [5, 5.41) is 4.47. The number of nitrogens with zero attached hydrogens (tertiary/aromatic N) is 1. The summed E-state index contributed by atoms with van der Waals surface area (Å²) in [4.78, 5) is 29.0. The Labute approximate surface area is 209 Å². The van der Waals surface area contributed by atoms with Crippen LogP contribution in [-0.4, -0.2) is 17.0 Å². The monoisotopic (exact) mass is 516 g/mol. The molecular weight excluding hydrogens is 503 g/mol. The minimum absolute atomic E-state index is 0.228. The van der Waals surface area contributed by atoms with E-state index in [1.54, 1.807) is 54.6 Å². The van der Waals surface area contributed by atoms with E-state index in [-0.39, 0.29) is 11.1 Å². The van der Waals surface area contributed by atoms with Gasteiger partial charge in [0, 0.05) is 26.2 Å². The molecule has 1 fully saturated rings. The molecule has 33 heavy (non-hydrogen) atoms.